The fraction of sp³-hybridized carbons (Fsp3) is 0.318. The van der Waals surface area contributed by atoms with Gasteiger partial charge in [-0.3, -0.25) is 9.78 Å². The van der Waals surface area contributed by atoms with Crippen LogP contribution in [0.15, 0.2) is 42.6 Å². The van der Waals surface area contributed by atoms with Crippen molar-refractivity contribution in [3.05, 3.63) is 59.0 Å². The topological polar surface area (TPSA) is 81.1 Å². The minimum absolute atomic E-state index is 0.00944. The van der Waals surface area contributed by atoms with Crippen molar-refractivity contribution in [1.29, 1.82) is 0 Å². The summed E-state index contributed by atoms with van der Waals surface area (Å²) >= 11 is 6.17. The molecule has 2 heterocycles. The molecule has 7 nitrogen and oxygen atoms in total. The van der Waals surface area contributed by atoms with Gasteiger partial charge in [-0.15, -0.1) is 5.10 Å². The first kappa shape index (κ1) is 20.2. The fourth-order valence-electron chi connectivity index (χ4n) is 3.20. The van der Waals surface area contributed by atoms with Gasteiger partial charge in [-0.2, -0.15) is 0 Å². The smallest absolute Gasteiger partial charge is 0.226 e. The Bertz CT molecular complexity index is 1060. The van der Waals surface area contributed by atoms with E-state index in [0.717, 1.165) is 29.3 Å². The van der Waals surface area contributed by atoms with E-state index in [1.165, 1.54) is 12.8 Å². The monoisotopic (exact) mass is 425 g/mol. The standard InChI is InChI=1S/C22H24ClN5O2/c1-14-7-18(5-6-24-14)28-19(12-22(29)25-13-15-3-4-15)11-21(27-28)26-17-8-16(23)9-20(10-17)30-2/h5-11,15H,3-4,12-13H2,1-2H3,(H,25,29)(H,26,27). The second kappa shape index (κ2) is 8.75. The van der Waals surface area contributed by atoms with Crippen LogP contribution in [0.25, 0.3) is 5.69 Å². The number of aryl methyl sites for hydroxylation is 1. The van der Waals surface area contributed by atoms with Gasteiger partial charge in [-0.05, 0) is 49.9 Å². The maximum Gasteiger partial charge on any atom is 0.226 e. The summed E-state index contributed by atoms with van der Waals surface area (Å²) in [6, 6.07) is 11.0. The van der Waals surface area contributed by atoms with Gasteiger partial charge in [0.2, 0.25) is 5.91 Å². The van der Waals surface area contributed by atoms with Crippen LogP contribution in [-0.2, 0) is 11.2 Å². The first-order chi connectivity index (χ1) is 14.5. The number of hydrogen-bond acceptors (Lipinski definition) is 5. The van der Waals surface area contributed by atoms with Gasteiger partial charge in [0.1, 0.15) is 5.75 Å². The van der Waals surface area contributed by atoms with Gasteiger partial charge in [0.15, 0.2) is 5.82 Å². The van der Waals surface area contributed by atoms with Crippen LogP contribution in [0.4, 0.5) is 11.5 Å². The number of rotatable bonds is 8. The molecule has 0 aliphatic heterocycles. The molecule has 0 bridgehead atoms. The minimum Gasteiger partial charge on any atom is -0.497 e. The van der Waals surface area contributed by atoms with Crippen molar-refractivity contribution in [3.8, 4) is 11.4 Å². The molecule has 30 heavy (non-hydrogen) atoms. The predicted molar refractivity (Wildman–Crippen MR) is 117 cm³/mol. The second-order valence-electron chi connectivity index (χ2n) is 7.52. The highest BCUT2D eigenvalue weighted by molar-refractivity contribution is 6.31. The number of pyridine rings is 1. The number of benzene rings is 1. The number of nitrogens with zero attached hydrogens (tertiary/aromatic N) is 3. The zero-order valence-electron chi connectivity index (χ0n) is 17.0. The molecule has 1 aliphatic carbocycles. The molecule has 0 atom stereocenters. The van der Waals surface area contributed by atoms with E-state index >= 15 is 0 Å². The van der Waals surface area contributed by atoms with Crippen molar-refractivity contribution in [2.75, 3.05) is 19.0 Å². The summed E-state index contributed by atoms with van der Waals surface area (Å²) in [6.45, 7) is 2.67. The number of nitrogens with one attached hydrogen (secondary N) is 2. The van der Waals surface area contributed by atoms with Gasteiger partial charge in [0.05, 0.1) is 24.9 Å². The summed E-state index contributed by atoms with van der Waals surface area (Å²) in [6.07, 6.45) is 4.37. The normalized spacial score (nSPS) is 13.2. The second-order valence-corrected chi connectivity index (χ2v) is 7.95. The van der Waals surface area contributed by atoms with Crippen LogP contribution < -0.4 is 15.4 Å². The van der Waals surface area contributed by atoms with Crippen LogP contribution in [0.5, 0.6) is 5.75 Å². The van der Waals surface area contributed by atoms with Crippen molar-refractivity contribution in [3.63, 3.8) is 0 Å². The molecular formula is C22H24ClN5O2. The van der Waals surface area contributed by atoms with Gasteiger partial charge >= 0.3 is 0 Å². The highest BCUT2D eigenvalue weighted by Gasteiger charge is 2.22. The minimum atomic E-state index is -0.00944. The molecular weight excluding hydrogens is 402 g/mol. The Labute approximate surface area is 180 Å². The van der Waals surface area contributed by atoms with Crippen molar-refractivity contribution >= 4 is 29.0 Å². The third kappa shape index (κ3) is 5.10. The van der Waals surface area contributed by atoms with Crippen molar-refractivity contribution in [1.82, 2.24) is 20.1 Å². The zero-order chi connectivity index (χ0) is 21.1. The van der Waals surface area contributed by atoms with Gasteiger partial charge in [0, 0.05) is 41.3 Å². The molecule has 1 aromatic carbocycles. The third-order valence-electron chi connectivity index (χ3n) is 4.91. The quantitative estimate of drug-likeness (QED) is 0.569. The van der Waals surface area contributed by atoms with E-state index in [1.807, 2.05) is 31.2 Å². The fourth-order valence-corrected chi connectivity index (χ4v) is 3.43. The van der Waals surface area contributed by atoms with Crippen LogP contribution in [0.3, 0.4) is 0 Å². The first-order valence-corrected chi connectivity index (χ1v) is 10.3. The lowest BCUT2D eigenvalue weighted by atomic mass is 10.2. The largest absolute Gasteiger partial charge is 0.497 e. The number of carbonyl (C=O) groups is 1. The van der Waals surface area contributed by atoms with E-state index in [0.29, 0.717) is 22.5 Å². The number of methoxy groups -OCH3 is 1. The highest BCUT2D eigenvalue weighted by Crippen LogP contribution is 2.28. The molecule has 0 spiro atoms. The van der Waals surface area contributed by atoms with E-state index in [1.54, 1.807) is 30.1 Å². The Hall–Kier alpha value is -3.06. The highest BCUT2D eigenvalue weighted by atomic mass is 35.5. The van der Waals surface area contributed by atoms with Gasteiger partial charge in [0.25, 0.3) is 0 Å². The SMILES string of the molecule is COc1cc(Cl)cc(Nc2cc(CC(=O)NCC3CC3)n(-c3ccnc(C)c3)n2)c1. The van der Waals surface area contributed by atoms with E-state index < -0.39 is 0 Å². The number of hydrogen-bond donors (Lipinski definition) is 2. The first-order valence-electron chi connectivity index (χ1n) is 9.90. The molecule has 3 aromatic rings. The van der Waals surface area contributed by atoms with Crippen LogP contribution in [-0.4, -0.2) is 34.3 Å². The van der Waals surface area contributed by atoms with E-state index in [2.05, 4.69) is 20.7 Å². The summed E-state index contributed by atoms with van der Waals surface area (Å²) in [4.78, 5) is 16.7. The van der Waals surface area contributed by atoms with Gasteiger partial charge in [-0.25, -0.2) is 4.68 Å². The lowest BCUT2D eigenvalue weighted by Gasteiger charge is -2.08. The number of halogens is 1. The summed E-state index contributed by atoms with van der Waals surface area (Å²) in [5.41, 5.74) is 3.26. The van der Waals surface area contributed by atoms with Crippen LogP contribution in [0.2, 0.25) is 5.02 Å². The lowest BCUT2D eigenvalue weighted by molar-refractivity contribution is -0.120. The number of amides is 1. The number of ether oxygens (including phenoxy) is 1. The maximum atomic E-state index is 12.5. The molecule has 2 N–H and O–H groups in total. The molecule has 0 radical (unpaired) electrons. The Morgan fingerprint density at radius 1 is 1.27 bits per heavy atom. The molecule has 2 aromatic heterocycles. The maximum absolute atomic E-state index is 12.5. The summed E-state index contributed by atoms with van der Waals surface area (Å²) in [7, 11) is 1.59. The third-order valence-corrected chi connectivity index (χ3v) is 5.13. The van der Waals surface area contributed by atoms with Crippen LogP contribution in [0.1, 0.15) is 24.2 Å². The van der Waals surface area contributed by atoms with E-state index in [4.69, 9.17) is 16.3 Å². The van der Waals surface area contributed by atoms with Crippen LogP contribution in [0, 0.1) is 12.8 Å². The molecule has 1 fully saturated rings. The molecule has 0 unspecified atom stereocenters. The van der Waals surface area contributed by atoms with Crippen molar-refractivity contribution in [2.24, 2.45) is 5.92 Å². The Kier molecular flexibility index (Phi) is 5.90. The molecule has 1 saturated carbocycles. The Morgan fingerprint density at radius 3 is 2.83 bits per heavy atom. The summed E-state index contributed by atoms with van der Waals surface area (Å²) < 4.78 is 7.05. The molecule has 4 rings (SSSR count). The number of carbonyl (C=O) groups excluding carboxylic acids is 1. The van der Waals surface area contributed by atoms with Crippen molar-refractivity contribution in [2.45, 2.75) is 26.2 Å². The Balaban J connectivity index is 1.61. The molecule has 1 aliphatic rings. The van der Waals surface area contributed by atoms with E-state index in [9.17, 15) is 4.79 Å². The molecule has 1 amide bonds. The molecule has 0 saturated heterocycles. The average Bonchev–Trinajstić information content (AvgIpc) is 3.46. The number of aromatic nitrogens is 3. The molecule has 8 heteroatoms. The summed E-state index contributed by atoms with van der Waals surface area (Å²) in [5, 5.41) is 11.5. The summed E-state index contributed by atoms with van der Waals surface area (Å²) in [5.74, 6) is 1.88. The number of anilines is 2. The Morgan fingerprint density at radius 2 is 2.10 bits per heavy atom. The van der Waals surface area contributed by atoms with Crippen LogP contribution >= 0.6 is 11.6 Å². The molecule has 156 valence electrons. The predicted octanol–water partition coefficient (Wildman–Crippen LogP) is 4.05. The zero-order valence-corrected chi connectivity index (χ0v) is 17.7. The van der Waals surface area contributed by atoms with Crippen molar-refractivity contribution < 1.29 is 9.53 Å². The lowest BCUT2D eigenvalue weighted by Crippen LogP contribution is -2.27. The van der Waals surface area contributed by atoms with E-state index in [-0.39, 0.29) is 12.3 Å². The average molecular weight is 426 g/mol. The van der Waals surface area contributed by atoms with Gasteiger partial charge < -0.3 is 15.4 Å². The van der Waals surface area contributed by atoms with Gasteiger partial charge in [-0.1, -0.05) is 11.6 Å².